The molecule has 0 bridgehead atoms. The van der Waals surface area contributed by atoms with Crippen molar-refractivity contribution in [1.29, 1.82) is 0 Å². The Hall–Kier alpha value is -2.05. The van der Waals surface area contributed by atoms with Gasteiger partial charge in [0.15, 0.2) is 11.5 Å². The number of hydrazone groups is 1. The summed E-state index contributed by atoms with van der Waals surface area (Å²) in [5.74, 6) is -0.919. The molecule has 21 heavy (non-hydrogen) atoms. The van der Waals surface area contributed by atoms with E-state index in [9.17, 15) is 15.0 Å². The predicted molar refractivity (Wildman–Crippen MR) is 84.0 cm³/mol. The molecule has 1 amide bonds. The van der Waals surface area contributed by atoms with Crippen molar-refractivity contribution in [1.82, 2.24) is 5.43 Å². The fourth-order valence-corrected chi connectivity index (χ4v) is 2.10. The summed E-state index contributed by atoms with van der Waals surface area (Å²) >= 11 is 8.82. The van der Waals surface area contributed by atoms with Crippen molar-refractivity contribution in [3.8, 4) is 11.5 Å². The van der Waals surface area contributed by atoms with E-state index >= 15 is 0 Å². The van der Waals surface area contributed by atoms with Crippen LogP contribution in [0.2, 0.25) is 5.02 Å². The molecule has 108 valence electrons. The third kappa shape index (κ3) is 3.96. The number of nitrogens with one attached hydrogen (secondary N) is 1. The molecule has 0 spiro atoms. The maximum absolute atomic E-state index is 11.8. The lowest BCUT2D eigenvalue weighted by atomic mass is 10.2. The van der Waals surface area contributed by atoms with Crippen LogP contribution in [-0.2, 0) is 0 Å². The van der Waals surface area contributed by atoms with Crippen molar-refractivity contribution >= 4 is 39.7 Å². The summed E-state index contributed by atoms with van der Waals surface area (Å²) in [7, 11) is 0. The number of aromatic hydroxyl groups is 2. The van der Waals surface area contributed by atoms with E-state index in [0.717, 1.165) is 0 Å². The number of rotatable bonds is 3. The Morgan fingerprint density at radius 3 is 2.52 bits per heavy atom. The maximum Gasteiger partial charge on any atom is 0.271 e. The first-order valence-electron chi connectivity index (χ1n) is 5.78. The van der Waals surface area contributed by atoms with Gasteiger partial charge in [-0.2, -0.15) is 5.10 Å². The highest BCUT2D eigenvalue weighted by Crippen LogP contribution is 2.33. The molecule has 0 aliphatic rings. The molecule has 3 N–H and O–H groups in total. The number of nitrogens with zero attached hydrogens (tertiary/aromatic N) is 1. The van der Waals surface area contributed by atoms with Crippen molar-refractivity contribution in [2.24, 2.45) is 5.10 Å². The number of hydrogen-bond acceptors (Lipinski definition) is 4. The van der Waals surface area contributed by atoms with Gasteiger partial charge in [0.25, 0.3) is 5.91 Å². The molecule has 0 saturated heterocycles. The van der Waals surface area contributed by atoms with Crippen LogP contribution in [-0.4, -0.2) is 22.3 Å². The Kier molecular flexibility index (Phi) is 4.82. The molecule has 0 aromatic heterocycles. The molecule has 0 heterocycles. The van der Waals surface area contributed by atoms with Gasteiger partial charge in [0.2, 0.25) is 0 Å². The SMILES string of the molecule is O=C(N/N=C/c1cc(O)c(O)c(Br)c1)c1ccc(Cl)cc1. The van der Waals surface area contributed by atoms with Gasteiger partial charge in [-0.1, -0.05) is 11.6 Å². The van der Waals surface area contributed by atoms with Gasteiger partial charge in [0, 0.05) is 10.6 Å². The van der Waals surface area contributed by atoms with Crippen LogP contribution in [0.15, 0.2) is 46.0 Å². The van der Waals surface area contributed by atoms with E-state index in [2.05, 4.69) is 26.5 Å². The first-order chi connectivity index (χ1) is 9.97. The monoisotopic (exact) mass is 368 g/mol. The largest absolute Gasteiger partial charge is 0.504 e. The number of carbonyl (C=O) groups is 1. The molecule has 2 aromatic carbocycles. The summed E-state index contributed by atoms with van der Waals surface area (Å²) in [6.45, 7) is 0. The Bertz CT molecular complexity index is 679. The molecule has 0 saturated carbocycles. The number of phenolic OH excluding ortho intramolecular Hbond substituents is 2. The van der Waals surface area contributed by atoms with Crippen LogP contribution in [0.25, 0.3) is 0 Å². The van der Waals surface area contributed by atoms with Gasteiger partial charge in [-0.05, 0) is 57.9 Å². The van der Waals surface area contributed by atoms with Gasteiger partial charge < -0.3 is 10.2 Å². The Morgan fingerprint density at radius 1 is 1.24 bits per heavy atom. The number of carbonyl (C=O) groups excluding carboxylic acids is 1. The number of hydrogen-bond donors (Lipinski definition) is 3. The van der Waals surface area contributed by atoms with Gasteiger partial charge in [0.1, 0.15) is 0 Å². The zero-order valence-electron chi connectivity index (χ0n) is 10.5. The third-order valence-electron chi connectivity index (χ3n) is 2.55. The molecule has 0 unspecified atom stereocenters. The number of amides is 1. The van der Waals surface area contributed by atoms with Crippen molar-refractivity contribution in [3.63, 3.8) is 0 Å². The summed E-state index contributed by atoms with van der Waals surface area (Å²) in [5.41, 5.74) is 3.28. The van der Waals surface area contributed by atoms with E-state index in [0.29, 0.717) is 20.6 Å². The van der Waals surface area contributed by atoms with Crippen molar-refractivity contribution < 1.29 is 15.0 Å². The molecular formula is C14H10BrClN2O3. The summed E-state index contributed by atoms with van der Waals surface area (Å²) < 4.78 is 0.327. The topological polar surface area (TPSA) is 81.9 Å². The third-order valence-corrected chi connectivity index (χ3v) is 3.41. The molecular weight excluding hydrogens is 360 g/mol. The number of benzene rings is 2. The highest BCUT2D eigenvalue weighted by molar-refractivity contribution is 9.10. The van der Waals surface area contributed by atoms with Gasteiger partial charge in [-0.3, -0.25) is 4.79 Å². The number of halogens is 2. The van der Waals surface area contributed by atoms with Crippen molar-refractivity contribution in [2.75, 3.05) is 0 Å². The van der Waals surface area contributed by atoms with E-state index in [1.54, 1.807) is 30.3 Å². The predicted octanol–water partition coefficient (Wildman–Crippen LogP) is 3.28. The van der Waals surface area contributed by atoms with Crippen LogP contribution in [0, 0.1) is 0 Å². The lowest BCUT2D eigenvalue weighted by Crippen LogP contribution is -2.17. The minimum Gasteiger partial charge on any atom is -0.504 e. The summed E-state index contributed by atoms with van der Waals surface area (Å²) in [6.07, 6.45) is 1.34. The van der Waals surface area contributed by atoms with Crippen LogP contribution in [0.4, 0.5) is 0 Å². The molecule has 5 nitrogen and oxygen atoms in total. The van der Waals surface area contributed by atoms with Crippen LogP contribution < -0.4 is 5.43 Å². The van der Waals surface area contributed by atoms with Crippen LogP contribution >= 0.6 is 27.5 Å². The second-order valence-electron chi connectivity index (χ2n) is 4.08. The minimum absolute atomic E-state index is 0.252. The van der Waals surface area contributed by atoms with Gasteiger partial charge >= 0.3 is 0 Å². The lowest BCUT2D eigenvalue weighted by Gasteiger charge is -2.02. The zero-order chi connectivity index (χ0) is 15.4. The van der Waals surface area contributed by atoms with Crippen molar-refractivity contribution in [2.45, 2.75) is 0 Å². The molecule has 0 fully saturated rings. The lowest BCUT2D eigenvalue weighted by molar-refractivity contribution is 0.0955. The number of phenols is 2. The Balaban J connectivity index is 2.05. The molecule has 0 aliphatic heterocycles. The van der Waals surface area contributed by atoms with E-state index in [-0.39, 0.29) is 17.4 Å². The normalized spacial score (nSPS) is 10.8. The highest BCUT2D eigenvalue weighted by atomic mass is 79.9. The first kappa shape index (κ1) is 15.3. The molecule has 0 aliphatic carbocycles. The molecule has 0 atom stereocenters. The summed E-state index contributed by atoms with van der Waals surface area (Å²) in [5, 5.41) is 23.2. The van der Waals surface area contributed by atoms with Crippen LogP contribution in [0.3, 0.4) is 0 Å². The van der Waals surface area contributed by atoms with E-state index in [1.807, 2.05) is 0 Å². The molecule has 7 heteroatoms. The van der Waals surface area contributed by atoms with Crippen LogP contribution in [0.1, 0.15) is 15.9 Å². The second-order valence-corrected chi connectivity index (χ2v) is 5.37. The van der Waals surface area contributed by atoms with Gasteiger partial charge in [0.05, 0.1) is 10.7 Å². The van der Waals surface area contributed by atoms with E-state index in [1.165, 1.54) is 12.3 Å². The molecule has 2 aromatic rings. The fraction of sp³-hybridized carbons (Fsp3) is 0. The van der Waals surface area contributed by atoms with Gasteiger partial charge in [-0.15, -0.1) is 0 Å². The fourth-order valence-electron chi connectivity index (χ4n) is 1.51. The Labute approximate surface area is 134 Å². The zero-order valence-corrected chi connectivity index (χ0v) is 12.9. The quantitative estimate of drug-likeness (QED) is 0.441. The summed E-state index contributed by atoms with van der Waals surface area (Å²) in [4.78, 5) is 11.8. The standard InChI is InChI=1S/C14H10BrClN2O3/c15-11-5-8(6-12(19)13(11)20)7-17-18-14(21)9-1-3-10(16)4-2-9/h1-7,19-20H,(H,18,21)/b17-7+. The highest BCUT2D eigenvalue weighted by Gasteiger charge is 2.06. The molecule has 0 radical (unpaired) electrons. The first-order valence-corrected chi connectivity index (χ1v) is 6.95. The average Bonchev–Trinajstić information content (AvgIpc) is 2.45. The van der Waals surface area contributed by atoms with E-state index in [4.69, 9.17) is 11.6 Å². The molecule has 2 rings (SSSR count). The smallest absolute Gasteiger partial charge is 0.271 e. The maximum atomic E-state index is 11.8. The Morgan fingerprint density at radius 2 is 1.90 bits per heavy atom. The van der Waals surface area contributed by atoms with E-state index < -0.39 is 0 Å². The average molecular weight is 370 g/mol. The minimum atomic E-state index is -0.384. The summed E-state index contributed by atoms with van der Waals surface area (Å²) in [6, 6.07) is 9.24. The second kappa shape index (κ2) is 6.60. The van der Waals surface area contributed by atoms with Gasteiger partial charge in [-0.25, -0.2) is 5.43 Å². The van der Waals surface area contributed by atoms with Crippen molar-refractivity contribution in [3.05, 3.63) is 57.0 Å². The van der Waals surface area contributed by atoms with Crippen LogP contribution in [0.5, 0.6) is 11.5 Å².